The molecule has 1 aromatic carbocycles. The third-order valence-corrected chi connectivity index (χ3v) is 4.08. The first-order valence-corrected chi connectivity index (χ1v) is 7.92. The predicted molar refractivity (Wildman–Crippen MR) is 86.3 cm³/mol. The fourth-order valence-electron chi connectivity index (χ4n) is 2.69. The summed E-state index contributed by atoms with van der Waals surface area (Å²) in [7, 11) is 0. The molecule has 1 heterocycles. The van der Waals surface area contributed by atoms with Gasteiger partial charge in [0, 0.05) is 38.8 Å². The van der Waals surface area contributed by atoms with Crippen molar-refractivity contribution in [3.63, 3.8) is 0 Å². The van der Waals surface area contributed by atoms with Gasteiger partial charge in [0.1, 0.15) is 0 Å². The Morgan fingerprint density at radius 3 is 2.43 bits per heavy atom. The van der Waals surface area contributed by atoms with Crippen molar-refractivity contribution in [2.24, 2.45) is 0 Å². The van der Waals surface area contributed by atoms with E-state index in [0.29, 0.717) is 12.6 Å². The number of benzene rings is 1. The van der Waals surface area contributed by atoms with Gasteiger partial charge in [0.25, 0.3) is 0 Å². The van der Waals surface area contributed by atoms with Gasteiger partial charge >= 0.3 is 0 Å². The molecule has 0 bridgehead atoms. The van der Waals surface area contributed by atoms with E-state index in [1.165, 1.54) is 5.56 Å². The molecule has 1 amide bonds. The van der Waals surface area contributed by atoms with Gasteiger partial charge in [0.15, 0.2) is 0 Å². The second-order valence-electron chi connectivity index (χ2n) is 5.99. The standard InChI is InChI=1S/C17H27N3O/c1-15(2)20-12-10-19(11-13-20)14-17(21)18-9-8-16-6-4-3-5-7-16/h3-7,15H,8-14H2,1-2H3,(H,18,21). The molecule has 0 spiro atoms. The van der Waals surface area contributed by atoms with Gasteiger partial charge in [-0.25, -0.2) is 0 Å². The van der Waals surface area contributed by atoms with Gasteiger partial charge in [0.2, 0.25) is 5.91 Å². The molecule has 1 N–H and O–H groups in total. The van der Waals surface area contributed by atoms with Crippen LogP contribution in [0.15, 0.2) is 30.3 Å². The van der Waals surface area contributed by atoms with Crippen molar-refractivity contribution in [1.29, 1.82) is 0 Å². The Morgan fingerprint density at radius 2 is 1.81 bits per heavy atom. The predicted octanol–water partition coefficient (Wildman–Crippen LogP) is 1.37. The van der Waals surface area contributed by atoms with E-state index in [9.17, 15) is 4.79 Å². The maximum Gasteiger partial charge on any atom is 0.234 e. The molecule has 4 heteroatoms. The van der Waals surface area contributed by atoms with E-state index in [1.54, 1.807) is 0 Å². The molecular formula is C17H27N3O. The molecule has 1 aromatic rings. The zero-order valence-electron chi connectivity index (χ0n) is 13.2. The molecule has 1 aliphatic heterocycles. The highest BCUT2D eigenvalue weighted by Crippen LogP contribution is 2.05. The highest BCUT2D eigenvalue weighted by molar-refractivity contribution is 5.78. The van der Waals surface area contributed by atoms with E-state index < -0.39 is 0 Å². The Morgan fingerprint density at radius 1 is 1.14 bits per heavy atom. The van der Waals surface area contributed by atoms with Crippen LogP contribution in [0.2, 0.25) is 0 Å². The van der Waals surface area contributed by atoms with Crippen LogP contribution in [-0.2, 0) is 11.2 Å². The highest BCUT2D eigenvalue weighted by Gasteiger charge is 2.20. The Labute approximate surface area is 128 Å². The minimum Gasteiger partial charge on any atom is -0.355 e. The monoisotopic (exact) mass is 289 g/mol. The molecule has 0 aliphatic carbocycles. The molecule has 1 aliphatic rings. The number of amides is 1. The van der Waals surface area contributed by atoms with Crippen LogP contribution in [0.4, 0.5) is 0 Å². The van der Waals surface area contributed by atoms with Crippen LogP contribution in [0.3, 0.4) is 0 Å². The lowest BCUT2D eigenvalue weighted by Gasteiger charge is -2.36. The number of rotatable bonds is 6. The number of piperazine rings is 1. The fourth-order valence-corrected chi connectivity index (χ4v) is 2.69. The zero-order chi connectivity index (χ0) is 15.1. The van der Waals surface area contributed by atoms with E-state index in [0.717, 1.165) is 39.1 Å². The van der Waals surface area contributed by atoms with Gasteiger partial charge < -0.3 is 5.32 Å². The Bertz CT molecular complexity index is 425. The summed E-state index contributed by atoms with van der Waals surface area (Å²) in [6.07, 6.45) is 0.897. The van der Waals surface area contributed by atoms with Crippen LogP contribution >= 0.6 is 0 Å². The maximum atomic E-state index is 12.0. The minimum absolute atomic E-state index is 0.143. The zero-order valence-corrected chi connectivity index (χ0v) is 13.2. The summed E-state index contributed by atoms with van der Waals surface area (Å²) >= 11 is 0. The summed E-state index contributed by atoms with van der Waals surface area (Å²) in [5.41, 5.74) is 1.27. The molecule has 1 saturated heterocycles. The van der Waals surface area contributed by atoms with Crippen LogP contribution in [0, 0.1) is 0 Å². The number of nitrogens with zero attached hydrogens (tertiary/aromatic N) is 2. The van der Waals surface area contributed by atoms with Crippen molar-refractivity contribution in [3.05, 3.63) is 35.9 Å². The molecule has 0 saturated carbocycles. The first-order valence-electron chi connectivity index (χ1n) is 7.92. The van der Waals surface area contributed by atoms with Gasteiger partial charge in [0.05, 0.1) is 6.54 Å². The molecular weight excluding hydrogens is 262 g/mol. The molecule has 0 atom stereocenters. The summed E-state index contributed by atoms with van der Waals surface area (Å²) in [5.74, 6) is 0.143. The summed E-state index contributed by atoms with van der Waals surface area (Å²) in [5, 5.41) is 3.02. The Kier molecular flexibility index (Phi) is 6.21. The Balaban J connectivity index is 1.62. The third-order valence-electron chi connectivity index (χ3n) is 4.08. The summed E-state index contributed by atoms with van der Waals surface area (Å²) in [4.78, 5) is 16.7. The average molecular weight is 289 g/mol. The lowest BCUT2D eigenvalue weighted by molar-refractivity contribution is -0.122. The lowest BCUT2D eigenvalue weighted by atomic mass is 10.1. The maximum absolute atomic E-state index is 12.0. The molecule has 0 aromatic heterocycles. The topological polar surface area (TPSA) is 35.6 Å². The van der Waals surface area contributed by atoms with Crippen molar-refractivity contribution >= 4 is 5.91 Å². The molecule has 2 rings (SSSR count). The number of hydrogen-bond donors (Lipinski definition) is 1. The second kappa shape index (κ2) is 8.15. The van der Waals surface area contributed by atoms with E-state index in [4.69, 9.17) is 0 Å². The van der Waals surface area contributed by atoms with Gasteiger partial charge in [-0.1, -0.05) is 30.3 Å². The molecule has 116 valence electrons. The van der Waals surface area contributed by atoms with Gasteiger partial charge in [-0.05, 0) is 25.8 Å². The number of carbonyl (C=O) groups excluding carboxylic acids is 1. The SMILES string of the molecule is CC(C)N1CCN(CC(=O)NCCc2ccccc2)CC1. The van der Waals surface area contributed by atoms with E-state index in [1.807, 2.05) is 18.2 Å². The number of nitrogens with one attached hydrogen (secondary N) is 1. The number of carbonyl (C=O) groups is 1. The van der Waals surface area contributed by atoms with Gasteiger partial charge in [-0.15, -0.1) is 0 Å². The van der Waals surface area contributed by atoms with Crippen molar-refractivity contribution in [2.45, 2.75) is 26.3 Å². The summed E-state index contributed by atoms with van der Waals surface area (Å²) < 4.78 is 0. The van der Waals surface area contributed by atoms with Gasteiger partial charge in [-0.2, -0.15) is 0 Å². The minimum atomic E-state index is 0.143. The Hall–Kier alpha value is -1.39. The quantitative estimate of drug-likeness (QED) is 0.859. The van der Waals surface area contributed by atoms with Crippen LogP contribution in [0.25, 0.3) is 0 Å². The third kappa shape index (κ3) is 5.48. The van der Waals surface area contributed by atoms with Crippen LogP contribution in [0.1, 0.15) is 19.4 Å². The van der Waals surface area contributed by atoms with Crippen molar-refractivity contribution in [1.82, 2.24) is 15.1 Å². The lowest BCUT2D eigenvalue weighted by Crippen LogP contribution is -2.51. The van der Waals surface area contributed by atoms with Crippen molar-refractivity contribution in [2.75, 3.05) is 39.3 Å². The van der Waals surface area contributed by atoms with E-state index in [2.05, 4.69) is 41.1 Å². The largest absolute Gasteiger partial charge is 0.355 e. The van der Waals surface area contributed by atoms with Crippen molar-refractivity contribution < 1.29 is 4.79 Å². The normalized spacial score (nSPS) is 17.1. The first kappa shape index (κ1) is 16.0. The van der Waals surface area contributed by atoms with Crippen LogP contribution in [0.5, 0.6) is 0 Å². The van der Waals surface area contributed by atoms with E-state index >= 15 is 0 Å². The molecule has 0 radical (unpaired) electrons. The second-order valence-corrected chi connectivity index (χ2v) is 5.99. The van der Waals surface area contributed by atoms with Crippen LogP contribution < -0.4 is 5.32 Å². The summed E-state index contributed by atoms with van der Waals surface area (Å²) in [6.45, 7) is 9.81. The molecule has 1 fully saturated rings. The highest BCUT2D eigenvalue weighted by atomic mass is 16.2. The average Bonchev–Trinajstić information content (AvgIpc) is 2.49. The molecule has 21 heavy (non-hydrogen) atoms. The van der Waals surface area contributed by atoms with Gasteiger partial charge in [-0.3, -0.25) is 14.6 Å². The summed E-state index contributed by atoms with van der Waals surface area (Å²) in [6, 6.07) is 10.9. The number of hydrogen-bond acceptors (Lipinski definition) is 3. The molecule has 0 unspecified atom stereocenters. The first-order chi connectivity index (χ1) is 10.1. The fraction of sp³-hybridized carbons (Fsp3) is 0.588. The smallest absolute Gasteiger partial charge is 0.234 e. The molecule has 4 nitrogen and oxygen atoms in total. The van der Waals surface area contributed by atoms with Crippen molar-refractivity contribution in [3.8, 4) is 0 Å². The van der Waals surface area contributed by atoms with Crippen LogP contribution in [-0.4, -0.2) is 61.0 Å². The van der Waals surface area contributed by atoms with E-state index in [-0.39, 0.29) is 5.91 Å².